The summed E-state index contributed by atoms with van der Waals surface area (Å²) in [6.07, 6.45) is 1.34. The molecule has 1 aromatic heterocycles. The molecule has 0 atom stereocenters. The quantitative estimate of drug-likeness (QED) is 0.846. The zero-order valence-electron chi connectivity index (χ0n) is 10.6. The number of benzene rings is 1. The minimum atomic E-state index is -3.54. The van der Waals surface area contributed by atoms with Gasteiger partial charge in [-0.2, -0.15) is 12.7 Å². The Kier molecular flexibility index (Phi) is 3.25. The molecule has 18 heavy (non-hydrogen) atoms. The van der Waals surface area contributed by atoms with Gasteiger partial charge in [-0.3, -0.25) is 0 Å². The minimum Gasteiger partial charge on any atom is -0.234 e. The zero-order chi connectivity index (χ0) is 13.7. The molecule has 2 aromatic rings. The first kappa shape index (κ1) is 13.5. The predicted octanol–water partition coefficient (Wildman–Crippen LogP) is 2.07. The first-order valence-electron chi connectivity index (χ1n) is 5.32. The maximum absolute atomic E-state index is 12.1. The van der Waals surface area contributed by atoms with Crippen molar-refractivity contribution < 1.29 is 8.42 Å². The van der Waals surface area contributed by atoms with Crippen LogP contribution < -0.4 is 0 Å². The third-order valence-corrected chi connectivity index (χ3v) is 5.64. The van der Waals surface area contributed by atoms with Gasteiger partial charge in [0.05, 0.1) is 5.52 Å². The summed E-state index contributed by atoms with van der Waals surface area (Å²) >= 11 is 3.46. The topological polar surface area (TPSA) is 55.2 Å². The van der Waals surface area contributed by atoms with Crippen molar-refractivity contribution in [3.63, 3.8) is 0 Å². The molecule has 7 heteroatoms. The summed E-state index contributed by atoms with van der Waals surface area (Å²) in [5.41, 5.74) is 3.32. The largest absolute Gasteiger partial charge is 0.308 e. The second kappa shape index (κ2) is 4.32. The Hall–Kier alpha value is -0.920. The van der Waals surface area contributed by atoms with E-state index in [0.717, 1.165) is 19.9 Å². The number of aromatic nitrogens is 2. The van der Waals surface area contributed by atoms with E-state index in [2.05, 4.69) is 20.9 Å². The van der Waals surface area contributed by atoms with Gasteiger partial charge in [-0.25, -0.2) is 8.96 Å². The van der Waals surface area contributed by atoms with Gasteiger partial charge in [0.25, 0.3) is 0 Å². The number of halogens is 1. The Morgan fingerprint density at radius 3 is 2.50 bits per heavy atom. The van der Waals surface area contributed by atoms with Gasteiger partial charge in [-0.05, 0) is 47.0 Å². The van der Waals surface area contributed by atoms with Crippen LogP contribution in [0.3, 0.4) is 0 Å². The monoisotopic (exact) mass is 331 g/mol. The lowest BCUT2D eigenvalue weighted by molar-refractivity contribution is 0.512. The van der Waals surface area contributed by atoms with Crippen LogP contribution in [0.25, 0.3) is 11.0 Å². The van der Waals surface area contributed by atoms with E-state index in [1.165, 1.54) is 24.4 Å². The molecule has 0 aliphatic carbocycles. The smallest absolute Gasteiger partial charge is 0.234 e. The van der Waals surface area contributed by atoms with Crippen molar-refractivity contribution in [1.82, 2.24) is 13.3 Å². The zero-order valence-corrected chi connectivity index (χ0v) is 13.0. The summed E-state index contributed by atoms with van der Waals surface area (Å²) in [7, 11) is -0.545. The molecule has 2 rings (SSSR count). The third kappa shape index (κ3) is 1.86. The normalized spacial score (nSPS) is 12.6. The second-order valence-electron chi connectivity index (χ2n) is 4.33. The fourth-order valence-electron chi connectivity index (χ4n) is 1.67. The summed E-state index contributed by atoms with van der Waals surface area (Å²) in [4.78, 5) is 4.18. The van der Waals surface area contributed by atoms with Crippen LogP contribution in [-0.2, 0) is 10.2 Å². The Bertz CT molecular complexity index is 719. The number of nitrogens with zero attached hydrogens (tertiary/aromatic N) is 3. The summed E-state index contributed by atoms with van der Waals surface area (Å²) in [6, 6.07) is 1.84. The highest BCUT2D eigenvalue weighted by atomic mass is 79.9. The van der Waals surface area contributed by atoms with Crippen LogP contribution in [0, 0.1) is 13.8 Å². The lowest BCUT2D eigenvalue weighted by atomic mass is 10.1. The van der Waals surface area contributed by atoms with Gasteiger partial charge in [0.15, 0.2) is 0 Å². The molecular weight excluding hydrogens is 318 g/mol. The van der Waals surface area contributed by atoms with Gasteiger partial charge >= 0.3 is 10.2 Å². The average molecular weight is 332 g/mol. The molecule has 0 saturated heterocycles. The van der Waals surface area contributed by atoms with Crippen molar-refractivity contribution in [3.8, 4) is 0 Å². The number of aryl methyl sites for hydroxylation is 1. The van der Waals surface area contributed by atoms with Crippen LogP contribution >= 0.6 is 15.9 Å². The Balaban J connectivity index is 2.86. The molecule has 1 aromatic carbocycles. The van der Waals surface area contributed by atoms with Gasteiger partial charge in [-0.15, -0.1) is 0 Å². The lowest BCUT2D eigenvalue weighted by Crippen LogP contribution is -2.28. The van der Waals surface area contributed by atoms with Gasteiger partial charge in [-0.1, -0.05) is 0 Å². The molecule has 0 bridgehead atoms. The molecule has 0 fully saturated rings. The highest BCUT2D eigenvalue weighted by Crippen LogP contribution is 2.29. The van der Waals surface area contributed by atoms with E-state index in [0.29, 0.717) is 11.0 Å². The Labute approximate surface area is 115 Å². The van der Waals surface area contributed by atoms with Crippen LogP contribution in [0.5, 0.6) is 0 Å². The maximum atomic E-state index is 12.1. The van der Waals surface area contributed by atoms with Crippen molar-refractivity contribution in [2.75, 3.05) is 14.1 Å². The molecule has 0 N–H and O–H groups in total. The number of imidazole rings is 1. The third-order valence-electron chi connectivity index (χ3n) is 2.96. The van der Waals surface area contributed by atoms with E-state index in [9.17, 15) is 8.42 Å². The molecule has 0 unspecified atom stereocenters. The van der Waals surface area contributed by atoms with Crippen LogP contribution in [0.4, 0.5) is 0 Å². The first-order chi connectivity index (χ1) is 8.26. The number of fused-ring (bicyclic) bond motifs is 1. The lowest BCUT2D eigenvalue weighted by Gasteiger charge is -2.13. The molecule has 98 valence electrons. The van der Waals surface area contributed by atoms with E-state index in [1.54, 1.807) is 0 Å². The van der Waals surface area contributed by atoms with E-state index in [1.807, 2.05) is 19.9 Å². The minimum absolute atomic E-state index is 0.582. The molecule has 1 heterocycles. The summed E-state index contributed by atoms with van der Waals surface area (Å²) in [5, 5.41) is 0. The van der Waals surface area contributed by atoms with E-state index in [-0.39, 0.29) is 0 Å². The summed E-state index contributed by atoms with van der Waals surface area (Å²) in [5.74, 6) is 0. The molecule has 0 spiro atoms. The molecule has 0 aliphatic rings. The SMILES string of the molecule is Cc1cc2c(ncn2S(=O)(=O)N(C)C)c(Br)c1C. The maximum Gasteiger partial charge on any atom is 0.308 e. The van der Waals surface area contributed by atoms with Gasteiger partial charge < -0.3 is 0 Å². The molecule has 0 radical (unpaired) electrons. The average Bonchev–Trinajstić information content (AvgIpc) is 2.70. The van der Waals surface area contributed by atoms with Crippen LogP contribution in [0.2, 0.25) is 0 Å². The Morgan fingerprint density at radius 1 is 1.33 bits per heavy atom. The summed E-state index contributed by atoms with van der Waals surface area (Å²) < 4.78 is 27.5. The predicted molar refractivity (Wildman–Crippen MR) is 74.9 cm³/mol. The van der Waals surface area contributed by atoms with Gasteiger partial charge in [0.2, 0.25) is 0 Å². The second-order valence-corrected chi connectivity index (χ2v) is 7.14. The van der Waals surface area contributed by atoms with Crippen LogP contribution in [0.15, 0.2) is 16.9 Å². The van der Waals surface area contributed by atoms with Gasteiger partial charge in [0.1, 0.15) is 11.8 Å². The van der Waals surface area contributed by atoms with E-state index < -0.39 is 10.2 Å². The first-order valence-corrected chi connectivity index (χ1v) is 7.51. The van der Waals surface area contributed by atoms with Crippen molar-refractivity contribution >= 4 is 37.2 Å². The van der Waals surface area contributed by atoms with Crippen LogP contribution in [-0.4, -0.2) is 35.8 Å². The molecule has 0 saturated carbocycles. The van der Waals surface area contributed by atoms with Crippen molar-refractivity contribution in [2.24, 2.45) is 0 Å². The van der Waals surface area contributed by atoms with Crippen molar-refractivity contribution in [2.45, 2.75) is 13.8 Å². The van der Waals surface area contributed by atoms with Crippen LogP contribution in [0.1, 0.15) is 11.1 Å². The van der Waals surface area contributed by atoms with Crippen molar-refractivity contribution in [3.05, 3.63) is 28.0 Å². The fraction of sp³-hybridized carbons (Fsp3) is 0.364. The Morgan fingerprint density at radius 2 is 1.94 bits per heavy atom. The van der Waals surface area contributed by atoms with Crippen molar-refractivity contribution in [1.29, 1.82) is 0 Å². The highest BCUT2D eigenvalue weighted by molar-refractivity contribution is 9.10. The molecule has 0 amide bonds. The number of rotatable bonds is 2. The van der Waals surface area contributed by atoms with E-state index in [4.69, 9.17) is 0 Å². The highest BCUT2D eigenvalue weighted by Gasteiger charge is 2.21. The molecule has 0 aliphatic heterocycles. The summed E-state index contributed by atoms with van der Waals surface area (Å²) in [6.45, 7) is 3.91. The molecular formula is C11H14BrN3O2S. The number of hydrogen-bond acceptors (Lipinski definition) is 3. The molecule has 5 nitrogen and oxygen atoms in total. The fourth-order valence-corrected chi connectivity index (χ4v) is 3.19. The van der Waals surface area contributed by atoms with E-state index >= 15 is 0 Å². The standard InChI is InChI=1S/C11H14BrN3O2S/c1-7-5-9-11(10(12)8(7)2)13-6-15(9)18(16,17)14(3)4/h5-6H,1-4H3. The van der Waals surface area contributed by atoms with Gasteiger partial charge in [0, 0.05) is 18.6 Å². The number of hydrogen-bond donors (Lipinski definition) is 0.